The van der Waals surface area contributed by atoms with Crippen LogP contribution in [-0.2, 0) is 16.1 Å². The van der Waals surface area contributed by atoms with Crippen LogP contribution in [0.1, 0.15) is 28.8 Å². The van der Waals surface area contributed by atoms with Crippen LogP contribution in [0.2, 0.25) is 0 Å². The van der Waals surface area contributed by atoms with E-state index in [0.29, 0.717) is 18.5 Å². The number of anilines is 1. The van der Waals surface area contributed by atoms with Crippen molar-refractivity contribution in [3.05, 3.63) is 52.2 Å². The first-order valence-corrected chi connectivity index (χ1v) is 9.04. The Balaban J connectivity index is 1.44. The summed E-state index contributed by atoms with van der Waals surface area (Å²) in [5.74, 6) is -0.346. The summed E-state index contributed by atoms with van der Waals surface area (Å²) in [5, 5.41) is 8.90. The fraction of sp³-hybridized carbons (Fsp3) is 0.278. The average molecular weight is 357 g/mol. The molecule has 25 heavy (non-hydrogen) atoms. The topological polar surface area (TPSA) is 78.5 Å². The van der Waals surface area contributed by atoms with E-state index >= 15 is 0 Å². The lowest BCUT2D eigenvalue weighted by molar-refractivity contribution is -0.120. The number of thiophene rings is 1. The highest BCUT2D eigenvalue weighted by atomic mass is 32.1. The Morgan fingerprint density at radius 1 is 1.12 bits per heavy atom. The normalized spacial score (nSPS) is 13.8. The Labute approximate surface area is 149 Å². The summed E-state index contributed by atoms with van der Waals surface area (Å²) in [7, 11) is 0. The van der Waals surface area contributed by atoms with Crippen LogP contribution in [0.5, 0.6) is 0 Å². The fourth-order valence-electron chi connectivity index (χ4n) is 2.63. The van der Waals surface area contributed by atoms with Crippen molar-refractivity contribution >= 4 is 34.7 Å². The molecule has 7 heteroatoms. The minimum absolute atomic E-state index is 0.0605. The third kappa shape index (κ3) is 4.45. The van der Waals surface area contributed by atoms with Gasteiger partial charge in [-0.05, 0) is 35.6 Å². The van der Waals surface area contributed by atoms with E-state index in [-0.39, 0.29) is 24.3 Å². The summed E-state index contributed by atoms with van der Waals surface area (Å²) in [6.45, 7) is 1.08. The van der Waals surface area contributed by atoms with Crippen molar-refractivity contribution in [1.29, 1.82) is 0 Å². The van der Waals surface area contributed by atoms with Crippen LogP contribution in [0.4, 0.5) is 5.69 Å². The van der Waals surface area contributed by atoms with Crippen molar-refractivity contribution in [3.8, 4) is 0 Å². The molecular formula is C18H19N3O3S. The SMILES string of the molecule is O=C(CNC(=O)c1ccsc1)NCc1ccc(N2CCCC2=O)cc1. The molecule has 0 unspecified atom stereocenters. The fourth-order valence-corrected chi connectivity index (χ4v) is 3.27. The summed E-state index contributed by atoms with van der Waals surface area (Å²) < 4.78 is 0. The molecule has 130 valence electrons. The van der Waals surface area contributed by atoms with E-state index in [1.807, 2.05) is 29.6 Å². The number of carbonyl (C=O) groups is 3. The van der Waals surface area contributed by atoms with Crippen LogP contribution in [0, 0.1) is 0 Å². The molecular weight excluding hydrogens is 338 g/mol. The lowest BCUT2D eigenvalue weighted by atomic mass is 10.2. The van der Waals surface area contributed by atoms with Gasteiger partial charge in [-0.3, -0.25) is 14.4 Å². The molecule has 2 N–H and O–H groups in total. The minimum atomic E-state index is -0.254. The van der Waals surface area contributed by atoms with E-state index in [1.165, 1.54) is 11.3 Å². The number of amides is 3. The van der Waals surface area contributed by atoms with Gasteiger partial charge in [-0.25, -0.2) is 0 Å². The third-order valence-corrected chi connectivity index (χ3v) is 4.69. The zero-order valence-corrected chi connectivity index (χ0v) is 14.5. The first-order valence-electron chi connectivity index (χ1n) is 8.10. The number of hydrogen-bond donors (Lipinski definition) is 2. The molecule has 1 aliphatic rings. The molecule has 1 aliphatic heterocycles. The van der Waals surface area contributed by atoms with Crippen LogP contribution in [0.15, 0.2) is 41.1 Å². The molecule has 3 rings (SSSR count). The smallest absolute Gasteiger partial charge is 0.252 e. The van der Waals surface area contributed by atoms with E-state index < -0.39 is 0 Å². The number of hydrogen-bond acceptors (Lipinski definition) is 4. The van der Waals surface area contributed by atoms with Gasteiger partial charge in [0.15, 0.2) is 0 Å². The summed E-state index contributed by atoms with van der Waals surface area (Å²) in [6.07, 6.45) is 1.50. The Bertz CT molecular complexity index is 756. The number of benzene rings is 1. The summed E-state index contributed by atoms with van der Waals surface area (Å²) in [4.78, 5) is 37.1. The van der Waals surface area contributed by atoms with Gasteiger partial charge < -0.3 is 15.5 Å². The second kappa shape index (κ2) is 7.94. The molecule has 0 atom stereocenters. The first kappa shape index (κ1) is 17.2. The van der Waals surface area contributed by atoms with Gasteiger partial charge in [-0.15, -0.1) is 0 Å². The average Bonchev–Trinajstić information content (AvgIpc) is 3.30. The highest BCUT2D eigenvalue weighted by molar-refractivity contribution is 7.08. The summed E-state index contributed by atoms with van der Waals surface area (Å²) in [5.41, 5.74) is 2.39. The maximum absolute atomic E-state index is 11.8. The molecule has 1 fully saturated rings. The maximum atomic E-state index is 11.8. The van der Waals surface area contributed by atoms with E-state index in [4.69, 9.17) is 0 Å². The molecule has 0 saturated carbocycles. The van der Waals surface area contributed by atoms with Crippen LogP contribution in [-0.4, -0.2) is 30.8 Å². The number of rotatable bonds is 6. The number of nitrogens with zero attached hydrogens (tertiary/aromatic N) is 1. The van der Waals surface area contributed by atoms with Crippen molar-refractivity contribution < 1.29 is 14.4 Å². The van der Waals surface area contributed by atoms with E-state index in [9.17, 15) is 14.4 Å². The van der Waals surface area contributed by atoms with Crippen molar-refractivity contribution in [3.63, 3.8) is 0 Å². The van der Waals surface area contributed by atoms with Crippen LogP contribution in [0.3, 0.4) is 0 Å². The van der Waals surface area contributed by atoms with Gasteiger partial charge in [0.2, 0.25) is 11.8 Å². The van der Waals surface area contributed by atoms with E-state index in [0.717, 1.165) is 24.2 Å². The molecule has 1 aromatic carbocycles. The molecule has 1 aromatic heterocycles. The number of carbonyl (C=O) groups excluding carboxylic acids is 3. The summed E-state index contributed by atoms with van der Waals surface area (Å²) >= 11 is 1.43. The molecule has 0 bridgehead atoms. The quantitative estimate of drug-likeness (QED) is 0.829. The van der Waals surface area contributed by atoms with Crippen molar-refractivity contribution in [1.82, 2.24) is 10.6 Å². The standard InChI is InChI=1S/C18H19N3O3S/c22-16(11-20-18(24)14-7-9-25-12-14)19-10-13-3-5-15(6-4-13)21-8-1-2-17(21)23/h3-7,9,12H,1-2,8,10-11H2,(H,19,22)(H,20,24). The Kier molecular flexibility index (Phi) is 5.45. The van der Waals surface area contributed by atoms with Gasteiger partial charge in [-0.1, -0.05) is 12.1 Å². The molecule has 0 aliphatic carbocycles. The Morgan fingerprint density at radius 3 is 2.56 bits per heavy atom. The maximum Gasteiger partial charge on any atom is 0.252 e. The molecule has 3 amide bonds. The van der Waals surface area contributed by atoms with Crippen molar-refractivity contribution in [2.75, 3.05) is 18.0 Å². The van der Waals surface area contributed by atoms with Gasteiger partial charge in [0.25, 0.3) is 5.91 Å². The number of nitrogens with one attached hydrogen (secondary N) is 2. The lowest BCUT2D eigenvalue weighted by Gasteiger charge is -2.16. The summed E-state index contributed by atoms with van der Waals surface area (Å²) in [6, 6.07) is 9.28. The largest absolute Gasteiger partial charge is 0.350 e. The predicted octanol–water partition coefficient (Wildman–Crippen LogP) is 1.92. The third-order valence-electron chi connectivity index (χ3n) is 4.00. The highest BCUT2D eigenvalue weighted by Crippen LogP contribution is 2.21. The first-order chi connectivity index (χ1) is 12.1. The molecule has 2 aromatic rings. The highest BCUT2D eigenvalue weighted by Gasteiger charge is 2.21. The molecule has 2 heterocycles. The Hall–Kier alpha value is -2.67. The van der Waals surface area contributed by atoms with Gasteiger partial charge >= 0.3 is 0 Å². The molecule has 0 radical (unpaired) electrons. The lowest BCUT2D eigenvalue weighted by Crippen LogP contribution is -2.36. The van der Waals surface area contributed by atoms with Gasteiger partial charge in [0.1, 0.15) is 0 Å². The van der Waals surface area contributed by atoms with E-state index in [1.54, 1.807) is 16.3 Å². The minimum Gasteiger partial charge on any atom is -0.350 e. The predicted molar refractivity (Wildman–Crippen MR) is 96.5 cm³/mol. The molecule has 6 nitrogen and oxygen atoms in total. The van der Waals surface area contributed by atoms with E-state index in [2.05, 4.69) is 10.6 Å². The van der Waals surface area contributed by atoms with Crippen molar-refractivity contribution in [2.45, 2.75) is 19.4 Å². The molecule has 0 spiro atoms. The second-order valence-corrected chi connectivity index (χ2v) is 6.57. The van der Waals surface area contributed by atoms with Crippen LogP contribution in [0.25, 0.3) is 0 Å². The van der Waals surface area contributed by atoms with Crippen LogP contribution >= 0.6 is 11.3 Å². The van der Waals surface area contributed by atoms with Gasteiger partial charge in [0.05, 0.1) is 6.54 Å². The Morgan fingerprint density at radius 2 is 1.92 bits per heavy atom. The van der Waals surface area contributed by atoms with Crippen LogP contribution < -0.4 is 15.5 Å². The molecule has 1 saturated heterocycles. The van der Waals surface area contributed by atoms with Gasteiger partial charge in [0, 0.05) is 36.1 Å². The zero-order chi connectivity index (χ0) is 17.6. The van der Waals surface area contributed by atoms with Gasteiger partial charge in [-0.2, -0.15) is 11.3 Å². The zero-order valence-electron chi connectivity index (χ0n) is 13.7. The van der Waals surface area contributed by atoms with Crippen molar-refractivity contribution in [2.24, 2.45) is 0 Å². The second-order valence-electron chi connectivity index (χ2n) is 5.79. The monoisotopic (exact) mass is 357 g/mol.